The van der Waals surface area contributed by atoms with Gasteiger partial charge in [-0.3, -0.25) is 9.59 Å². The van der Waals surface area contributed by atoms with Crippen molar-refractivity contribution in [1.82, 2.24) is 10.2 Å². The van der Waals surface area contributed by atoms with Crippen LogP contribution in [-0.4, -0.2) is 52.7 Å². The van der Waals surface area contributed by atoms with Crippen molar-refractivity contribution in [2.45, 2.75) is 25.2 Å². The van der Waals surface area contributed by atoms with Crippen LogP contribution in [-0.2, 0) is 22.6 Å². The quantitative estimate of drug-likeness (QED) is 0.528. The third-order valence-corrected chi connectivity index (χ3v) is 5.67. The van der Waals surface area contributed by atoms with E-state index in [2.05, 4.69) is 5.32 Å². The summed E-state index contributed by atoms with van der Waals surface area (Å²) in [6, 6.07) is 17.5. The highest BCUT2D eigenvalue weighted by molar-refractivity contribution is 7.09. The molecular formula is C22H24N2O4S. The summed E-state index contributed by atoms with van der Waals surface area (Å²) in [5.74, 6) is -1.47. The first-order valence-corrected chi connectivity index (χ1v) is 10.2. The van der Waals surface area contributed by atoms with Gasteiger partial charge in [0.1, 0.15) is 0 Å². The van der Waals surface area contributed by atoms with E-state index in [0.29, 0.717) is 13.0 Å². The van der Waals surface area contributed by atoms with Crippen molar-refractivity contribution >= 4 is 33.9 Å². The van der Waals surface area contributed by atoms with Crippen molar-refractivity contribution in [3.8, 4) is 0 Å². The monoisotopic (exact) mass is 412 g/mol. The second-order valence-corrected chi connectivity index (χ2v) is 7.87. The van der Waals surface area contributed by atoms with Crippen LogP contribution >= 0.6 is 11.3 Å². The van der Waals surface area contributed by atoms with E-state index in [1.807, 2.05) is 60.0 Å². The molecule has 0 saturated heterocycles. The number of amides is 2. The Morgan fingerprint density at radius 2 is 1.79 bits per heavy atom. The molecular weight excluding hydrogens is 388 g/mol. The first kappa shape index (κ1) is 21.0. The summed E-state index contributed by atoms with van der Waals surface area (Å²) in [6.07, 6.45) is -3.02. The number of hydrogen-bond donors (Lipinski definition) is 3. The number of benzene rings is 2. The van der Waals surface area contributed by atoms with E-state index in [4.69, 9.17) is 0 Å². The number of thiophene rings is 1. The number of carbonyl (C=O) groups is 2. The van der Waals surface area contributed by atoms with Crippen LogP contribution in [0.4, 0.5) is 0 Å². The van der Waals surface area contributed by atoms with Gasteiger partial charge in [0.2, 0.25) is 0 Å². The highest BCUT2D eigenvalue weighted by Crippen LogP contribution is 2.20. The first-order valence-electron chi connectivity index (χ1n) is 9.35. The summed E-state index contributed by atoms with van der Waals surface area (Å²) in [6.45, 7) is 0.577. The van der Waals surface area contributed by atoms with E-state index in [9.17, 15) is 19.8 Å². The molecule has 29 heavy (non-hydrogen) atoms. The van der Waals surface area contributed by atoms with Crippen LogP contribution in [0.25, 0.3) is 10.8 Å². The second kappa shape index (κ2) is 9.65. The van der Waals surface area contributed by atoms with Gasteiger partial charge in [-0.1, -0.05) is 48.5 Å². The SMILES string of the molecule is CN(Cc1cccc2ccccc12)C(=O)[C@H](O)[C@@H](O)C(=O)NCCc1cccs1. The Balaban J connectivity index is 1.57. The molecule has 0 saturated carbocycles. The van der Waals surface area contributed by atoms with Crippen molar-refractivity contribution in [3.05, 3.63) is 70.4 Å². The zero-order valence-electron chi connectivity index (χ0n) is 16.1. The zero-order chi connectivity index (χ0) is 20.8. The van der Waals surface area contributed by atoms with Gasteiger partial charge in [-0.05, 0) is 34.2 Å². The van der Waals surface area contributed by atoms with Crippen molar-refractivity contribution in [1.29, 1.82) is 0 Å². The maximum Gasteiger partial charge on any atom is 0.254 e. The minimum atomic E-state index is -1.82. The Hall–Kier alpha value is -2.74. The lowest BCUT2D eigenvalue weighted by atomic mass is 10.0. The van der Waals surface area contributed by atoms with Crippen LogP contribution in [0.3, 0.4) is 0 Å². The Morgan fingerprint density at radius 1 is 1.03 bits per heavy atom. The van der Waals surface area contributed by atoms with Crippen molar-refractivity contribution in [2.24, 2.45) is 0 Å². The fourth-order valence-corrected chi connectivity index (χ4v) is 3.85. The molecule has 0 radical (unpaired) electrons. The molecule has 0 aliphatic carbocycles. The zero-order valence-corrected chi connectivity index (χ0v) is 16.9. The van der Waals surface area contributed by atoms with Crippen LogP contribution in [0, 0.1) is 0 Å². The molecule has 152 valence electrons. The van der Waals surface area contributed by atoms with E-state index >= 15 is 0 Å². The molecule has 0 aliphatic heterocycles. The van der Waals surface area contributed by atoms with Gasteiger partial charge in [0.15, 0.2) is 12.2 Å². The van der Waals surface area contributed by atoms with Crippen LogP contribution in [0.15, 0.2) is 60.0 Å². The van der Waals surface area contributed by atoms with Gasteiger partial charge in [0.25, 0.3) is 11.8 Å². The third kappa shape index (κ3) is 5.20. The smallest absolute Gasteiger partial charge is 0.254 e. The Bertz CT molecular complexity index is 969. The Kier molecular flexibility index (Phi) is 6.98. The van der Waals surface area contributed by atoms with E-state index in [1.165, 1.54) is 11.9 Å². The average Bonchev–Trinajstić information content (AvgIpc) is 3.25. The molecule has 0 fully saturated rings. The summed E-state index contributed by atoms with van der Waals surface area (Å²) in [5, 5.41) is 26.9. The number of nitrogens with one attached hydrogen (secondary N) is 1. The predicted molar refractivity (Wildman–Crippen MR) is 113 cm³/mol. The average molecular weight is 413 g/mol. The highest BCUT2D eigenvalue weighted by Gasteiger charge is 2.32. The van der Waals surface area contributed by atoms with Crippen LogP contribution in [0.2, 0.25) is 0 Å². The number of nitrogens with zero attached hydrogens (tertiary/aromatic N) is 1. The lowest BCUT2D eigenvalue weighted by Crippen LogP contribution is -2.50. The molecule has 2 amide bonds. The summed E-state index contributed by atoms with van der Waals surface area (Å²) in [7, 11) is 1.54. The summed E-state index contributed by atoms with van der Waals surface area (Å²) < 4.78 is 0. The lowest BCUT2D eigenvalue weighted by Gasteiger charge is -2.24. The molecule has 6 nitrogen and oxygen atoms in total. The molecule has 0 unspecified atom stereocenters. The number of aliphatic hydroxyl groups is 2. The number of aliphatic hydroxyl groups excluding tert-OH is 2. The van der Waals surface area contributed by atoms with Gasteiger partial charge in [-0.25, -0.2) is 0 Å². The second-order valence-electron chi connectivity index (χ2n) is 6.84. The number of carbonyl (C=O) groups excluding carboxylic acids is 2. The summed E-state index contributed by atoms with van der Waals surface area (Å²) >= 11 is 1.58. The van der Waals surface area contributed by atoms with Gasteiger partial charge in [-0.2, -0.15) is 0 Å². The number of hydrogen-bond acceptors (Lipinski definition) is 5. The van der Waals surface area contributed by atoms with Gasteiger partial charge < -0.3 is 20.4 Å². The van der Waals surface area contributed by atoms with Gasteiger partial charge >= 0.3 is 0 Å². The topological polar surface area (TPSA) is 89.9 Å². The maximum atomic E-state index is 12.5. The van der Waals surface area contributed by atoms with E-state index in [0.717, 1.165) is 21.2 Å². The fraction of sp³-hybridized carbons (Fsp3) is 0.273. The maximum absolute atomic E-state index is 12.5. The Morgan fingerprint density at radius 3 is 2.55 bits per heavy atom. The molecule has 3 N–H and O–H groups in total. The molecule has 0 aliphatic rings. The molecule has 3 aromatic rings. The van der Waals surface area contributed by atoms with Crippen LogP contribution in [0.5, 0.6) is 0 Å². The van der Waals surface area contributed by atoms with Gasteiger partial charge in [0, 0.05) is 25.0 Å². The largest absolute Gasteiger partial charge is 0.380 e. The first-order chi connectivity index (χ1) is 14.0. The van der Waals surface area contributed by atoms with E-state index in [1.54, 1.807) is 11.3 Å². The molecule has 0 spiro atoms. The predicted octanol–water partition coefficient (Wildman–Crippen LogP) is 1.94. The van der Waals surface area contributed by atoms with Crippen molar-refractivity contribution < 1.29 is 19.8 Å². The van der Waals surface area contributed by atoms with Crippen LogP contribution in [0.1, 0.15) is 10.4 Å². The molecule has 2 aromatic carbocycles. The number of likely N-dealkylation sites (N-methyl/N-ethyl adjacent to an activating group) is 1. The summed E-state index contributed by atoms with van der Waals surface area (Å²) in [5.41, 5.74) is 0.918. The lowest BCUT2D eigenvalue weighted by molar-refractivity contribution is -0.152. The molecule has 1 heterocycles. The van der Waals surface area contributed by atoms with Crippen molar-refractivity contribution in [3.63, 3.8) is 0 Å². The highest BCUT2D eigenvalue weighted by atomic mass is 32.1. The molecule has 3 rings (SSSR count). The number of fused-ring (bicyclic) bond motifs is 1. The minimum Gasteiger partial charge on any atom is -0.380 e. The van der Waals surface area contributed by atoms with E-state index in [-0.39, 0.29) is 6.54 Å². The van der Waals surface area contributed by atoms with Gasteiger partial charge in [-0.15, -0.1) is 11.3 Å². The molecule has 7 heteroatoms. The minimum absolute atomic E-state index is 0.254. The van der Waals surface area contributed by atoms with Crippen molar-refractivity contribution in [2.75, 3.05) is 13.6 Å². The standard InChI is InChI=1S/C22H24N2O4S/c1-24(14-16-8-4-7-15-6-2-3-10-18(15)16)22(28)20(26)19(25)21(27)23-12-11-17-9-5-13-29-17/h2-10,13,19-20,25-26H,11-12,14H2,1H3,(H,23,27)/t19-,20-/m1/s1. The molecule has 1 aromatic heterocycles. The number of rotatable bonds is 8. The fourth-order valence-electron chi connectivity index (χ4n) is 3.14. The molecule has 0 bridgehead atoms. The van der Waals surface area contributed by atoms with Gasteiger partial charge in [0.05, 0.1) is 0 Å². The molecule has 2 atom stereocenters. The van der Waals surface area contributed by atoms with E-state index < -0.39 is 24.0 Å². The van der Waals surface area contributed by atoms with Crippen LogP contribution < -0.4 is 5.32 Å². The summed E-state index contributed by atoms with van der Waals surface area (Å²) in [4.78, 5) is 27.0. The third-order valence-electron chi connectivity index (χ3n) is 4.74. The normalized spacial score (nSPS) is 13.1. The Labute approximate surface area is 173 Å².